The second-order valence-electron chi connectivity index (χ2n) is 5.20. The molecule has 1 aromatic carbocycles. The number of nitrogens with two attached hydrogens (primary N) is 1. The Morgan fingerprint density at radius 1 is 1.24 bits per heavy atom. The normalized spacial score (nSPS) is 12.8. The van der Waals surface area contributed by atoms with Crippen molar-refractivity contribution in [3.05, 3.63) is 41.7 Å². The number of nitrogen functional groups attached to an aromatic ring is 1. The highest BCUT2D eigenvalue weighted by Crippen LogP contribution is 2.39. The highest BCUT2D eigenvalue weighted by Gasteiger charge is 2.21. The fourth-order valence-electron chi connectivity index (χ4n) is 2.10. The van der Waals surface area contributed by atoms with Crippen molar-refractivity contribution in [1.82, 2.24) is 14.9 Å². The maximum absolute atomic E-state index is 6.09. The molecule has 0 amide bonds. The highest BCUT2D eigenvalue weighted by molar-refractivity contribution is 7.99. The van der Waals surface area contributed by atoms with Gasteiger partial charge in [-0.3, -0.25) is 0 Å². The topological polar surface area (TPSA) is 66.0 Å². The molecule has 1 aromatic heterocycles. The third-order valence-corrected chi connectivity index (χ3v) is 4.79. The van der Waals surface area contributed by atoms with Crippen LogP contribution in [0.2, 0.25) is 0 Å². The summed E-state index contributed by atoms with van der Waals surface area (Å²) in [6.07, 6.45) is 0.665. The molecule has 0 fully saturated rings. The van der Waals surface area contributed by atoms with Gasteiger partial charge in [0.25, 0.3) is 0 Å². The van der Waals surface area contributed by atoms with Crippen molar-refractivity contribution in [1.29, 1.82) is 0 Å². The van der Waals surface area contributed by atoms with Crippen molar-refractivity contribution >= 4 is 11.8 Å². The molecule has 0 saturated heterocycles. The van der Waals surface area contributed by atoms with Gasteiger partial charge in [0.15, 0.2) is 5.82 Å². The Morgan fingerprint density at radius 3 is 2.57 bits per heavy atom. The van der Waals surface area contributed by atoms with Gasteiger partial charge >= 0.3 is 0 Å². The number of thioether (sulfide) groups is 1. The van der Waals surface area contributed by atoms with E-state index in [-0.39, 0.29) is 0 Å². The minimum Gasteiger partial charge on any atom is -0.384 e. The molecule has 1 heterocycles. The lowest BCUT2D eigenvalue weighted by Gasteiger charge is -2.20. The molecule has 0 spiro atoms. The van der Waals surface area contributed by atoms with Crippen molar-refractivity contribution in [3.63, 3.8) is 0 Å². The monoisotopic (exact) mass is 306 g/mol. The smallest absolute Gasteiger partial charge is 0.210 e. The van der Waals surface area contributed by atoms with Crippen LogP contribution in [0, 0.1) is 5.92 Å². The lowest BCUT2D eigenvalue weighted by molar-refractivity contribution is 0.200. The Balaban J connectivity index is 2.16. The van der Waals surface area contributed by atoms with E-state index in [9.17, 15) is 0 Å². The molecule has 0 aliphatic carbocycles. The fourth-order valence-corrected chi connectivity index (χ4v) is 3.20. The van der Waals surface area contributed by atoms with Crippen LogP contribution in [0.5, 0.6) is 0 Å². The highest BCUT2D eigenvalue weighted by atomic mass is 32.2. The number of rotatable bonds is 7. The molecule has 2 N–H and O–H groups in total. The number of nitrogens with zero attached hydrogens (tertiary/aromatic N) is 3. The fraction of sp³-hybridized carbons (Fsp3) is 0.467. The summed E-state index contributed by atoms with van der Waals surface area (Å²) < 4.78 is 6.63. The molecule has 0 saturated carbocycles. The molecule has 2 aromatic rings. The van der Waals surface area contributed by atoms with Crippen molar-refractivity contribution in [2.24, 2.45) is 5.92 Å². The lowest BCUT2D eigenvalue weighted by atomic mass is 10.0. The van der Waals surface area contributed by atoms with Crippen LogP contribution in [0.15, 0.2) is 35.5 Å². The Kier molecular flexibility index (Phi) is 5.64. The van der Waals surface area contributed by atoms with Gasteiger partial charge in [0, 0.05) is 18.8 Å². The molecule has 0 aliphatic heterocycles. The van der Waals surface area contributed by atoms with Crippen LogP contribution in [-0.2, 0) is 11.2 Å². The van der Waals surface area contributed by atoms with Gasteiger partial charge in [-0.15, -0.1) is 10.2 Å². The maximum atomic E-state index is 6.09. The Morgan fingerprint density at radius 2 is 1.95 bits per heavy atom. The number of aromatic nitrogens is 3. The summed E-state index contributed by atoms with van der Waals surface area (Å²) in [6, 6.07) is 10.4. The summed E-state index contributed by atoms with van der Waals surface area (Å²) in [5.41, 5.74) is 1.28. The van der Waals surface area contributed by atoms with Crippen LogP contribution in [0.1, 0.15) is 30.5 Å². The van der Waals surface area contributed by atoms with Crippen LogP contribution >= 0.6 is 11.8 Å². The van der Waals surface area contributed by atoms with Crippen molar-refractivity contribution < 1.29 is 4.74 Å². The van der Waals surface area contributed by atoms with Gasteiger partial charge in [-0.2, -0.15) is 0 Å². The van der Waals surface area contributed by atoms with E-state index in [0.29, 0.717) is 24.2 Å². The van der Waals surface area contributed by atoms with Gasteiger partial charge in [-0.25, -0.2) is 4.68 Å². The van der Waals surface area contributed by atoms with E-state index in [0.717, 1.165) is 11.0 Å². The first-order valence-electron chi connectivity index (χ1n) is 7.03. The van der Waals surface area contributed by atoms with E-state index < -0.39 is 0 Å². The standard InChI is InChI=1S/C15H22N4OS/c1-11(2)14(12-7-5-4-6-8-12)21-15-18-17-13(19(15)16)9-10-20-3/h4-8,11,14H,9-10,16H2,1-3H3/t14-/m0/s1. The first-order chi connectivity index (χ1) is 10.1. The molecule has 0 aliphatic rings. The van der Waals surface area contributed by atoms with Gasteiger partial charge in [0.1, 0.15) is 0 Å². The van der Waals surface area contributed by atoms with Gasteiger partial charge in [-0.05, 0) is 11.5 Å². The summed E-state index contributed by atoms with van der Waals surface area (Å²) in [5.74, 6) is 7.30. The minimum atomic E-state index is 0.299. The van der Waals surface area contributed by atoms with Gasteiger partial charge in [0.2, 0.25) is 5.16 Å². The molecule has 0 bridgehead atoms. The Hall–Kier alpha value is -1.53. The second kappa shape index (κ2) is 7.47. The van der Waals surface area contributed by atoms with E-state index in [1.807, 2.05) is 6.07 Å². The van der Waals surface area contributed by atoms with Gasteiger partial charge in [0.05, 0.1) is 6.61 Å². The summed E-state index contributed by atoms with van der Waals surface area (Å²) in [4.78, 5) is 0. The predicted octanol–water partition coefficient (Wildman–Crippen LogP) is 2.67. The summed E-state index contributed by atoms with van der Waals surface area (Å²) in [7, 11) is 1.66. The van der Waals surface area contributed by atoms with E-state index in [4.69, 9.17) is 10.6 Å². The zero-order chi connectivity index (χ0) is 15.2. The molecule has 2 rings (SSSR count). The average molecular weight is 306 g/mol. The van der Waals surface area contributed by atoms with E-state index >= 15 is 0 Å². The van der Waals surface area contributed by atoms with Crippen LogP contribution in [0.4, 0.5) is 0 Å². The van der Waals surface area contributed by atoms with Crippen molar-refractivity contribution in [2.75, 3.05) is 19.6 Å². The van der Waals surface area contributed by atoms with Crippen LogP contribution in [-0.4, -0.2) is 28.6 Å². The quantitative estimate of drug-likeness (QED) is 0.629. The third kappa shape index (κ3) is 3.98. The largest absolute Gasteiger partial charge is 0.384 e. The molecule has 1 atom stereocenters. The van der Waals surface area contributed by atoms with E-state index in [1.165, 1.54) is 5.56 Å². The molecule has 5 nitrogen and oxygen atoms in total. The van der Waals surface area contributed by atoms with Crippen molar-refractivity contribution in [3.8, 4) is 0 Å². The SMILES string of the molecule is COCCc1nnc(S[C@H](c2ccccc2)C(C)C)n1N. The lowest BCUT2D eigenvalue weighted by Crippen LogP contribution is -2.16. The van der Waals surface area contributed by atoms with Crippen LogP contribution in [0.3, 0.4) is 0 Å². The molecule has 21 heavy (non-hydrogen) atoms. The number of hydrogen-bond acceptors (Lipinski definition) is 5. The molecular formula is C15H22N4OS. The number of hydrogen-bond donors (Lipinski definition) is 1. The van der Waals surface area contributed by atoms with Gasteiger partial charge in [-0.1, -0.05) is 55.9 Å². The first-order valence-corrected chi connectivity index (χ1v) is 7.91. The molecular weight excluding hydrogens is 284 g/mol. The van der Waals surface area contributed by atoms with E-state index in [2.05, 4.69) is 48.3 Å². The van der Waals surface area contributed by atoms with Crippen molar-refractivity contribution in [2.45, 2.75) is 30.7 Å². The van der Waals surface area contributed by atoms with Crippen LogP contribution in [0.25, 0.3) is 0 Å². The zero-order valence-corrected chi connectivity index (χ0v) is 13.5. The summed E-state index contributed by atoms with van der Waals surface area (Å²) in [5, 5.41) is 9.40. The Bertz CT molecular complexity index is 556. The Labute approximate surface area is 129 Å². The maximum Gasteiger partial charge on any atom is 0.210 e. The third-order valence-electron chi connectivity index (χ3n) is 3.23. The molecule has 114 valence electrons. The second-order valence-corrected chi connectivity index (χ2v) is 6.31. The van der Waals surface area contributed by atoms with Crippen LogP contribution < -0.4 is 5.84 Å². The summed E-state index contributed by atoms with van der Waals surface area (Å²) >= 11 is 1.65. The average Bonchev–Trinajstić information content (AvgIpc) is 2.83. The van der Waals surface area contributed by atoms with Gasteiger partial charge < -0.3 is 10.6 Å². The first kappa shape index (κ1) is 15.9. The molecule has 0 radical (unpaired) electrons. The predicted molar refractivity (Wildman–Crippen MR) is 85.6 cm³/mol. The molecule has 0 unspecified atom stereocenters. The van der Waals surface area contributed by atoms with E-state index in [1.54, 1.807) is 23.5 Å². The summed E-state index contributed by atoms with van der Waals surface area (Å²) in [6.45, 7) is 4.99. The molecule has 6 heteroatoms. The number of methoxy groups -OCH3 is 1. The minimum absolute atomic E-state index is 0.299. The number of ether oxygens (including phenoxy) is 1. The zero-order valence-electron chi connectivity index (χ0n) is 12.7. The number of benzene rings is 1.